The van der Waals surface area contributed by atoms with Gasteiger partial charge in [0.2, 0.25) is 0 Å². The Labute approximate surface area is 126 Å². The fourth-order valence-electron chi connectivity index (χ4n) is 1.67. The number of anilines is 1. The predicted molar refractivity (Wildman–Crippen MR) is 82.0 cm³/mol. The number of nitrogen functional groups attached to an aromatic ring is 1. The number of nitrogens with one attached hydrogen (secondary N) is 2. The van der Waals surface area contributed by atoms with Crippen molar-refractivity contribution in [1.82, 2.24) is 10.3 Å². The number of carbonyl (C=O) groups excluding carboxylic acids is 1. The van der Waals surface area contributed by atoms with Gasteiger partial charge in [0, 0.05) is 16.0 Å². The number of hydrogen-bond donors (Lipinski definition) is 3. The number of halogens is 1. The van der Waals surface area contributed by atoms with Gasteiger partial charge in [0.05, 0.1) is 17.1 Å². The number of nitrogens with two attached hydrogens (primary N) is 1. The molecule has 106 valence electrons. The summed E-state index contributed by atoms with van der Waals surface area (Å²) in [6.45, 7) is 4.61. The Morgan fingerprint density at radius 3 is 2.75 bits per heavy atom. The van der Waals surface area contributed by atoms with E-state index in [0.717, 1.165) is 4.88 Å². The Kier molecular flexibility index (Phi) is 4.59. The molecule has 0 aliphatic rings. The summed E-state index contributed by atoms with van der Waals surface area (Å²) in [7, 11) is 0. The van der Waals surface area contributed by atoms with E-state index in [1.165, 1.54) is 22.7 Å². The highest BCUT2D eigenvalue weighted by Crippen LogP contribution is 2.21. The van der Waals surface area contributed by atoms with Gasteiger partial charge >= 0.3 is 0 Å². The zero-order valence-electron chi connectivity index (χ0n) is 11.2. The van der Waals surface area contributed by atoms with E-state index in [9.17, 15) is 4.79 Å². The Balaban J connectivity index is 2.03. The maximum atomic E-state index is 12.0. The molecule has 0 unspecified atom stereocenters. The Hall–Kier alpha value is -1.63. The third-order valence-corrected chi connectivity index (χ3v) is 4.32. The van der Waals surface area contributed by atoms with E-state index >= 15 is 0 Å². The molecule has 0 saturated carbocycles. The van der Waals surface area contributed by atoms with Gasteiger partial charge < -0.3 is 10.7 Å². The molecule has 0 saturated heterocycles. The Morgan fingerprint density at radius 2 is 2.20 bits per heavy atom. The fraction of sp³-hybridized carbons (Fsp3) is 0.231. The molecule has 2 aromatic rings. The normalized spacial score (nSPS) is 10.4. The van der Waals surface area contributed by atoms with E-state index in [4.69, 9.17) is 17.4 Å². The monoisotopic (exact) mass is 310 g/mol. The standard InChI is InChI=1S/C13H15ClN4OS/c1-7-3-10(20-8(7)2)6-17-13(19)9-4-11(14)12(18-15)16-5-9/h3-5H,6,15H2,1-2H3,(H,16,18)(H,17,19). The van der Waals surface area contributed by atoms with Gasteiger partial charge in [0.25, 0.3) is 5.91 Å². The van der Waals surface area contributed by atoms with Crippen molar-refractivity contribution in [2.24, 2.45) is 5.84 Å². The van der Waals surface area contributed by atoms with Crippen LogP contribution in [0.15, 0.2) is 18.3 Å². The number of carbonyl (C=O) groups is 1. The molecule has 2 heterocycles. The SMILES string of the molecule is Cc1cc(CNC(=O)c2cnc(NN)c(Cl)c2)sc1C. The first-order valence-electron chi connectivity index (χ1n) is 5.97. The lowest BCUT2D eigenvalue weighted by molar-refractivity contribution is 0.0951. The molecular formula is C13H15ClN4OS. The van der Waals surface area contributed by atoms with Crippen LogP contribution in [0.2, 0.25) is 5.02 Å². The summed E-state index contributed by atoms with van der Waals surface area (Å²) in [6, 6.07) is 3.61. The van der Waals surface area contributed by atoms with E-state index in [1.54, 1.807) is 11.3 Å². The van der Waals surface area contributed by atoms with E-state index < -0.39 is 0 Å². The third-order valence-electron chi connectivity index (χ3n) is 2.88. The summed E-state index contributed by atoms with van der Waals surface area (Å²) in [5.74, 6) is 5.36. The van der Waals surface area contributed by atoms with Crippen LogP contribution >= 0.6 is 22.9 Å². The van der Waals surface area contributed by atoms with Crippen molar-refractivity contribution in [3.8, 4) is 0 Å². The van der Waals surface area contributed by atoms with Crippen LogP contribution in [0.25, 0.3) is 0 Å². The van der Waals surface area contributed by atoms with Crippen molar-refractivity contribution in [1.29, 1.82) is 0 Å². The zero-order chi connectivity index (χ0) is 14.7. The zero-order valence-corrected chi connectivity index (χ0v) is 12.7. The van der Waals surface area contributed by atoms with Crippen molar-refractivity contribution < 1.29 is 4.79 Å². The minimum absolute atomic E-state index is 0.216. The first-order valence-corrected chi connectivity index (χ1v) is 7.17. The molecule has 0 aliphatic heterocycles. The molecular weight excluding hydrogens is 296 g/mol. The minimum atomic E-state index is -0.216. The van der Waals surface area contributed by atoms with Crippen LogP contribution in [0.5, 0.6) is 0 Å². The number of rotatable bonds is 4. The number of amides is 1. The van der Waals surface area contributed by atoms with Crippen LogP contribution < -0.4 is 16.6 Å². The smallest absolute Gasteiger partial charge is 0.253 e. The average Bonchev–Trinajstić information content (AvgIpc) is 2.75. The molecule has 0 aliphatic carbocycles. The summed E-state index contributed by atoms with van der Waals surface area (Å²) in [4.78, 5) is 18.3. The van der Waals surface area contributed by atoms with Gasteiger partial charge in [-0.2, -0.15) is 0 Å². The largest absolute Gasteiger partial charge is 0.347 e. The molecule has 2 rings (SSSR count). The lowest BCUT2D eigenvalue weighted by Gasteiger charge is -2.06. The predicted octanol–water partition coefficient (Wildman–Crippen LogP) is 2.63. The highest BCUT2D eigenvalue weighted by Gasteiger charge is 2.10. The second-order valence-electron chi connectivity index (χ2n) is 4.33. The number of aryl methyl sites for hydroxylation is 2. The topological polar surface area (TPSA) is 80.0 Å². The van der Waals surface area contributed by atoms with Crippen LogP contribution in [0, 0.1) is 13.8 Å². The number of thiophene rings is 1. The van der Waals surface area contributed by atoms with Gasteiger partial charge in [0.1, 0.15) is 0 Å². The van der Waals surface area contributed by atoms with Gasteiger partial charge in [-0.15, -0.1) is 11.3 Å². The molecule has 0 atom stereocenters. The van der Waals surface area contributed by atoms with Gasteiger partial charge in [-0.1, -0.05) is 11.6 Å². The summed E-state index contributed by atoms with van der Waals surface area (Å²) in [5, 5.41) is 3.15. The van der Waals surface area contributed by atoms with Gasteiger partial charge in [-0.25, -0.2) is 10.8 Å². The van der Waals surface area contributed by atoms with Gasteiger partial charge in [-0.05, 0) is 31.5 Å². The van der Waals surface area contributed by atoms with Crippen molar-refractivity contribution >= 4 is 34.7 Å². The van der Waals surface area contributed by atoms with Crippen LogP contribution in [0.1, 0.15) is 25.7 Å². The summed E-state index contributed by atoms with van der Waals surface area (Å²) < 4.78 is 0. The highest BCUT2D eigenvalue weighted by molar-refractivity contribution is 7.12. The molecule has 5 nitrogen and oxygen atoms in total. The lowest BCUT2D eigenvalue weighted by atomic mass is 10.2. The maximum Gasteiger partial charge on any atom is 0.253 e. The minimum Gasteiger partial charge on any atom is -0.347 e. The summed E-state index contributed by atoms with van der Waals surface area (Å²) in [5.41, 5.74) is 4.00. The third kappa shape index (κ3) is 3.27. The fourth-order valence-corrected chi connectivity index (χ4v) is 2.89. The molecule has 1 amide bonds. The molecule has 0 spiro atoms. The van der Waals surface area contributed by atoms with E-state index in [-0.39, 0.29) is 5.91 Å². The number of nitrogens with zero attached hydrogens (tertiary/aromatic N) is 1. The second kappa shape index (κ2) is 6.21. The number of aromatic nitrogens is 1. The van der Waals surface area contributed by atoms with Crippen molar-refractivity contribution in [2.45, 2.75) is 20.4 Å². The maximum absolute atomic E-state index is 12.0. The Morgan fingerprint density at radius 1 is 1.45 bits per heavy atom. The quantitative estimate of drug-likeness (QED) is 0.599. The van der Waals surface area contributed by atoms with E-state index in [2.05, 4.69) is 35.6 Å². The van der Waals surface area contributed by atoms with Crippen molar-refractivity contribution in [2.75, 3.05) is 5.43 Å². The van der Waals surface area contributed by atoms with Crippen LogP contribution in [-0.2, 0) is 6.54 Å². The van der Waals surface area contributed by atoms with Crippen LogP contribution in [-0.4, -0.2) is 10.9 Å². The number of hydrazine groups is 1. The highest BCUT2D eigenvalue weighted by atomic mass is 35.5. The molecule has 4 N–H and O–H groups in total. The summed E-state index contributed by atoms with van der Waals surface area (Å²) in [6.07, 6.45) is 1.43. The first-order chi connectivity index (χ1) is 9.51. The van der Waals surface area contributed by atoms with Crippen molar-refractivity contribution in [3.05, 3.63) is 44.2 Å². The van der Waals surface area contributed by atoms with E-state index in [1.807, 2.05) is 0 Å². The first kappa shape index (κ1) is 14.8. The summed E-state index contributed by atoms with van der Waals surface area (Å²) >= 11 is 7.61. The molecule has 2 aromatic heterocycles. The molecule has 7 heteroatoms. The van der Waals surface area contributed by atoms with Gasteiger partial charge in [-0.3, -0.25) is 4.79 Å². The molecule has 0 bridgehead atoms. The van der Waals surface area contributed by atoms with Crippen LogP contribution in [0.3, 0.4) is 0 Å². The molecule has 20 heavy (non-hydrogen) atoms. The number of pyridine rings is 1. The van der Waals surface area contributed by atoms with Crippen molar-refractivity contribution in [3.63, 3.8) is 0 Å². The second-order valence-corrected chi connectivity index (χ2v) is 6.08. The lowest BCUT2D eigenvalue weighted by Crippen LogP contribution is -2.22. The molecule has 0 aromatic carbocycles. The average molecular weight is 311 g/mol. The molecule has 0 radical (unpaired) electrons. The Bertz CT molecular complexity index is 622. The molecule has 0 fully saturated rings. The van der Waals surface area contributed by atoms with Crippen LogP contribution in [0.4, 0.5) is 5.82 Å². The number of hydrogen-bond acceptors (Lipinski definition) is 5. The van der Waals surface area contributed by atoms with E-state index in [0.29, 0.717) is 22.9 Å². The van der Waals surface area contributed by atoms with Gasteiger partial charge in [0.15, 0.2) is 5.82 Å².